The zero-order valence-electron chi connectivity index (χ0n) is 57.3. The van der Waals surface area contributed by atoms with E-state index in [4.69, 9.17) is 22.9 Å². The molecule has 536 valence electrons. The molecule has 2 aromatic rings. The number of nitrogens with zero attached hydrogens (tertiary/aromatic N) is 2. The van der Waals surface area contributed by atoms with Crippen LogP contribution in [0, 0.1) is 46.3 Å². The number of nitrogens with one attached hydrogen (secondary N) is 8. The van der Waals surface area contributed by atoms with E-state index in [1.54, 1.807) is 0 Å². The summed E-state index contributed by atoms with van der Waals surface area (Å²) >= 11 is 0. The first kappa shape index (κ1) is 72.2. The summed E-state index contributed by atoms with van der Waals surface area (Å²) in [6, 6.07) is 6.54. The lowest BCUT2D eigenvalue weighted by Crippen LogP contribution is -2.62. The molecule has 3 aliphatic heterocycles. The number of fused-ring (bicyclic) bond motifs is 2. The van der Waals surface area contributed by atoms with Crippen LogP contribution >= 0.6 is 0 Å². The van der Waals surface area contributed by atoms with Gasteiger partial charge in [-0.2, -0.15) is 0 Å². The Balaban J connectivity index is 0.949. The van der Waals surface area contributed by atoms with E-state index in [9.17, 15) is 9.59 Å². The Hall–Kier alpha value is -7.02. The largest absolute Gasteiger partial charge is 0.343 e. The summed E-state index contributed by atoms with van der Waals surface area (Å²) in [6.07, 6.45) is 15.8. The molecule has 98 heavy (non-hydrogen) atoms. The predicted molar refractivity (Wildman–Crippen MR) is 369 cm³/mol. The van der Waals surface area contributed by atoms with Gasteiger partial charge in [-0.15, -0.1) is 0 Å². The van der Waals surface area contributed by atoms with Crippen LogP contribution in [0.3, 0.4) is 0 Å². The maximum absolute atomic E-state index is 15.4. The van der Waals surface area contributed by atoms with Crippen molar-refractivity contribution in [3.8, 4) is 0 Å². The average molecular weight is 1360 g/mol. The average Bonchev–Trinajstić information content (AvgIpc) is 0.808. The first-order valence-corrected chi connectivity index (χ1v) is 37.3. The Morgan fingerprint density at radius 2 is 0.592 bits per heavy atom. The van der Waals surface area contributed by atoms with Gasteiger partial charge in [-0.1, -0.05) is 60.7 Å². The molecule has 2 aromatic carbocycles. The van der Waals surface area contributed by atoms with Crippen molar-refractivity contribution in [3.63, 3.8) is 0 Å². The molecule has 11 fully saturated rings. The summed E-state index contributed by atoms with van der Waals surface area (Å²) in [7, 11) is 0. The number of rotatable bonds is 20. The molecule has 10 amide bonds. The molecule has 16 N–H and O–H groups in total. The second-order valence-corrected chi connectivity index (χ2v) is 31.2. The second-order valence-electron chi connectivity index (χ2n) is 31.2. The molecule has 0 aromatic heterocycles. The molecule has 11 aliphatic rings. The Morgan fingerprint density at radius 3 is 0.878 bits per heavy atom. The fraction of sp³-hybridized carbons (Fsp3) is 0.703. The van der Waals surface area contributed by atoms with Crippen molar-refractivity contribution >= 4 is 59.1 Å². The Labute approximate surface area is 577 Å². The smallest absolute Gasteiger partial charge is 0.246 e. The van der Waals surface area contributed by atoms with Crippen LogP contribution in [0.1, 0.15) is 178 Å². The molecule has 8 aliphatic carbocycles. The highest BCUT2D eigenvalue weighted by Crippen LogP contribution is 2.63. The summed E-state index contributed by atoms with van der Waals surface area (Å²) < 4.78 is 0. The summed E-state index contributed by atoms with van der Waals surface area (Å²) in [6.45, 7) is 1.04. The number of carbonyl (C=O) groups excluding carboxylic acids is 10. The molecule has 0 radical (unpaired) electrons. The third-order valence-corrected chi connectivity index (χ3v) is 23.7. The maximum Gasteiger partial charge on any atom is 0.246 e. The first-order valence-electron chi connectivity index (χ1n) is 37.3. The highest BCUT2D eigenvalue weighted by Gasteiger charge is 2.55. The van der Waals surface area contributed by atoms with Crippen molar-refractivity contribution < 1.29 is 47.9 Å². The number of benzene rings is 2. The number of nitrogens with two attached hydrogens (primary N) is 4. The molecule has 8 bridgehead atoms. The van der Waals surface area contributed by atoms with Gasteiger partial charge < -0.3 is 75.3 Å². The summed E-state index contributed by atoms with van der Waals surface area (Å²) in [4.78, 5) is 155. The molecule has 0 unspecified atom stereocenters. The van der Waals surface area contributed by atoms with Crippen molar-refractivity contribution in [2.24, 2.45) is 69.3 Å². The van der Waals surface area contributed by atoms with Crippen molar-refractivity contribution in [1.82, 2.24) is 52.3 Å². The molecule has 0 spiro atoms. The quantitative estimate of drug-likeness (QED) is 0.0907. The van der Waals surface area contributed by atoms with Crippen molar-refractivity contribution in [1.29, 1.82) is 0 Å². The van der Waals surface area contributed by atoms with Gasteiger partial charge in [0.05, 0.1) is 0 Å². The van der Waals surface area contributed by atoms with Gasteiger partial charge >= 0.3 is 0 Å². The zero-order chi connectivity index (χ0) is 69.1. The molecule has 8 saturated carbocycles. The third kappa shape index (κ3) is 17.8. The fourth-order valence-corrected chi connectivity index (χ4v) is 20.0. The summed E-state index contributed by atoms with van der Waals surface area (Å²) in [5.41, 5.74) is 25.4. The number of hydrogen-bond acceptors (Lipinski definition) is 14. The molecule has 24 heteroatoms. The van der Waals surface area contributed by atoms with E-state index in [0.717, 1.165) is 88.2 Å². The standard InChI is InChI=1S/C74H110N14O10/c75-23-7-17-53-63(89)83-57(35-45-13-3-1-4-14-45)71(97)87-27-11-21-61(87)69(95)81-55(19-9-25-77)65(91)86-60(44-74-40-50-32-51(41-74)34-52(33-50)42-74)68(94)80-54(18-8-24-76)64(90)84-58(36-46-15-5-2-6-16-46)72(98)88-28-12-22-62(88)70(96)82-56(20-10-26-78)66(92)85-59(67(93)79-53)43-73-37-47-29-48(38-73)31-49(30-47)39-73/h1-6,13-16,47-62H,7-12,17-44,75-78H2,(H,79,93)(H,80,94)(H,81,95)(H,82,96)(H,83,89)(H,84,90)(H,85,92)(H,86,91)/t47?,48?,49?,50?,51?,52?,53-,54-,55-,56-,57+,58+,59-,60-,61-,62-,73?,74?/m0/s1. The van der Waals surface area contributed by atoms with Crippen LogP contribution in [-0.2, 0) is 60.8 Å². The summed E-state index contributed by atoms with van der Waals surface area (Å²) in [5.74, 6) is -3.09. The monoisotopic (exact) mass is 1350 g/mol. The molecular formula is C74H110N14O10. The lowest BCUT2D eigenvalue weighted by atomic mass is 9.48. The lowest BCUT2D eigenvalue weighted by Gasteiger charge is -2.57. The van der Waals surface area contributed by atoms with Gasteiger partial charge in [0.1, 0.15) is 60.4 Å². The second kappa shape index (κ2) is 33.0. The lowest BCUT2D eigenvalue weighted by molar-refractivity contribution is -0.143. The van der Waals surface area contributed by atoms with Crippen LogP contribution < -0.4 is 65.5 Å². The minimum absolute atomic E-state index is 0.0267. The highest BCUT2D eigenvalue weighted by molar-refractivity contribution is 6.00. The molecule has 3 saturated heterocycles. The van der Waals surface area contributed by atoms with Crippen LogP contribution in [0.15, 0.2) is 60.7 Å². The van der Waals surface area contributed by atoms with Crippen LogP contribution in [0.5, 0.6) is 0 Å². The highest BCUT2D eigenvalue weighted by atomic mass is 16.2. The van der Waals surface area contributed by atoms with E-state index >= 15 is 38.4 Å². The minimum atomic E-state index is -1.23. The van der Waals surface area contributed by atoms with E-state index < -0.39 is 119 Å². The SMILES string of the molecule is NCCC[C@@H]1NC(=O)[C@H](CC23CC4CC(CC(C4)C2)C3)NC(=O)[C@H](CCCN)NC(=O)[C@@H]2CCCN2C(=O)[C@@H](Cc2ccccc2)NC(=O)[C@H](CCCN)NC(=O)[C@H](CC23CC4CC(CC(C4)C2)C3)NC(=O)[C@H](CCCN)NC(=O)[C@@H]2CCCN2C(=O)[C@@H](Cc2ccccc2)NC1=O. The van der Waals surface area contributed by atoms with E-state index in [0.29, 0.717) is 74.0 Å². The zero-order valence-corrected chi connectivity index (χ0v) is 57.3. The third-order valence-electron chi connectivity index (χ3n) is 23.7. The normalized spacial score (nSPS) is 35.1. The van der Waals surface area contributed by atoms with Crippen LogP contribution in [0.25, 0.3) is 0 Å². The van der Waals surface area contributed by atoms with Crippen LogP contribution in [0.2, 0.25) is 0 Å². The van der Waals surface area contributed by atoms with Gasteiger partial charge in [0.25, 0.3) is 0 Å². The number of carbonyl (C=O) groups is 10. The molecular weight excluding hydrogens is 1240 g/mol. The summed E-state index contributed by atoms with van der Waals surface area (Å²) in [5, 5.41) is 24.2. The van der Waals surface area contributed by atoms with Gasteiger partial charge in [0.15, 0.2) is 0 Å². The van der Waals surface area contributed by atoms with Gasteiger partial charge in [-0.25, -0.2) is 0 Å². The van der Waals surface area contributed by atoms with E-state index in [1.165, 1.54) is 9.80 Å². The molecule has 24 nitrogen and oxygen atoms in total. The Bertz CT molecular complexity index is 2880. The van der Waals surface area contributed by atoms with Gasteiger partial charge in [-0.3, -0.25) is 47.9 Å². The molecule has 13 rings (SSSR count). The van der Waals surface area contributed by atoms with Gasteiger partial charge in [0, 0.05) is 25.9 Å². The van der Waals surface area contributed by atoms with Crippen molar-refractivity contribution in [3.05, 3.63) is 71.8 Å². The van der Waals surface area contributed by atoms with Gasteiger partial charge in [-0.05, 0) is 251 Å². The van der Waals surface area contributed by atoms with Crippen LogP contribution in [0.4, 0.5) is 0 Å². The van der Waals surface area contributed by atoms with Crippen molar-refractivity contribution in [2.75, 3.05) is 39.3 Å². The number of hydrogen-bond donors (Lipinski definition) is 12. The predicted octanol–water partition coefficient (Wildman–Crippen LogP) is 2.51. The van der Waals surface area contributed by atoms with E-state index in [1.807, 2.05) is 60.7 Å². The van der Waals surface area contributed by atoms with Crippen molar-refractivity contribution in [2.45, 2.75) is 240 Å². The fourth-order valence-electron chi connectivity index (χ4n) is 20.0. The number of amides is 10. The molecule has 3 heterocycles. The van der Waals surface area contributed by atoms with E-state index in [-0.39, 0.29) is 114 Å². The maximum atomic E-state index is 15.4. The van der Waals surface area contributed by atoms with Crippen LogP contribution in [-0.4, -0.2) is 169 Å². The van der Waals surface area contributed by atoms with Gasteiger partial charge in [0.2, 0.25) is 59.1 Å². The Kier molecular flexibility index (Phi) is 24.3. The topological polar surface area (TPSA) is 377 Å². The van der Waals surface area contributed by atoms with E-state index in [2.05, 4.69) is 42.5 Å². The minimum Gasteiger partial charge on any atom is -0.343 e. The molecule has 10 atom stereocenters. The Morgan fingerprint density at radius 1 is 0.337 bits per heavy atom. The first-order chi connectivity index (χ1) is 47.3.